The first-order chi connectivity index (χ1) is 9.92. The number of esters is 1. The molecule has 5 heteroatoms. The number of carbonyl (C=O) groups excluding carboxylic acids is 1. The van der Waals surface area contributed by atoms with E-state index in [1.807, 2.05) is 6.92 Å². The van der Waals surface area contributed by atoms with Gasteiger partial charge in [0.05, 0.1) is 18.8 Å². The molecule has 118 valence electrons. The number of carbonyl (C=O) groups is 1. The van der Waals surface area contributed by atoms with Crippen LogP contribution in [0.4, 0.5) is 0 Å². The van der Waals surface area contributed by atoms with E-state index in [0.29, 0.717) is 12.2 Å². The molecular weight excluding hydrogens is 272 g/mol. The van der Waals surface area contributed by atoms with Crippen LogP contribution in [0.25, 0.3) is 0 Å². The molecule has 0 radical (unpaired) electrons. The lowest BCUT2D eigenvalue weighted by molar-refractivity contribution is -0.152. The SMILES string of the molecule is CCOC(=O)[C@@H](O)Cc1ccc(O[C@H](C)C[C@H](C)O)cc1. The highest BCUT2D eigenvalue weighted by molar-refractivity contribution is 5.74. The standard InChI is InChI=1S/C16H24O5/c1-4-20-16(19)15(18)10-13-5-7-14(8-6-13)21-12(3)9-11(2)17/h5-8,11-12,15,17-18H,4,9-10H2,1-3H3/t11-,12+,15-/m0/s1. The summed E-state index contributed by atoms with van der Waals surface area (Å²) in [6.07, 6.45) is -0.864. The van der Waals surface area contributed by atoms with Gasteiger partial charge in [-0.2, -0.15) is 0 Å². The fourth-order valence-electron chi connectivity index (χ4n) is 2.01. The average Bonchev–Trinajstić information content (AvgIpc) is 2.40. The zero-order chi connectivity index (χ0) is 15.8. The lowest BCUT2D eigenvalue weighted by Gasteiger charge is -2.16. The summed E-state index contributed by atoms with van der Waals surface area (Å²) in [5.74, 6) is 0.0842. The van der Waals surface area contributed by atoms with E-state index in [0.717, 1.165) is 5.56 Å². The van der Waals surface area contributed by atoms with Gasteiger partial charge in [-0.25, -0.2) is 4.79 Å². The van der Waals surface area contributed by atoms with E-state index in [1.54, 1.807) is 38.1 Å². The highest BCUT2D eigenvalue weighted by atomic mass is 16.5. The Hall–Kier alpha value is -1.59. The maximum atomic E-state index is 11.3. The lowest BCUT2D eigenvalue weighted by Crippen LogP contribution is -2.25. The third-order valence-electron chi connectivity index (χ3n) is 2.92. The Morgan fingerprint density at radius 3 is 2.33 bits per heavy atom. The molecule has 0 saturated carbocycles. The quantitative estimate of drug-likeness (QED) is 0.714. The Kier molecular flexibility index (Phi) is 7.19. The molecule has 0 heterocycles. The Balaban J connectivity index is 2.52. The molecule has 3 atom stereocenters. The maximum Gasteiger partial charge on any atom is 0.335 e. The maximum absolute atomic E-state index is 11.3. The van der Waals surface area contributed by atoms with E-state index in [4.69, 9.17) is 9.47 Å². The van der Waals surface area contributed by atoms with Gasteiger partial charge in [0.2, 0.25) is 0 Å². The molecule has 0 saturated heterocycles. The van der Waals surface area contributed by atoms with Crippen molar-refractivity contribution in [2.75, 3.05) is 6.61 Å². The van der Waals surface area contributed by atoms with Gasteiger partial charge in [0.1, 0.15) is 5.75 Å². The van der Waals surface area contributed by atoms with Crippen molar-refractivity contribution in [1.29, 1.82) is 0 Å². The summed E-state index contributed by atoms with van der Waals surface area (Å²) in [5, 5.41) is 19.0. The van der Waals surface area contributed by atoms with Crippen molar-refractivity contribution in [3.63, 3.8) is 0 Å². The minimum atomic E-state index is -1.15. The van der Waals surface area contributed by atoms with Crippen LogP contribution in [0.5, 0.6) is 5.75 Å². The Labute approximate surface area is 125 Å². The van der Waals surface area contributed by atoms with E-state index in [-0.39, 0.29) is 19.1 Å². The molecule has 5 nitrogen and oxygen atoms in total. The number of hydrogen-bond acceptors (Lipinski definition) is 5. The summed E-state index contributed by atoms with van der Waals surface area (Å²) < 4.78 is 10.4. The monoisotopic (exact) mass is 296 g/mol. The van der Waals surface area contributed by atoms with Crippen LogP contribution < -0.4 is 4.74 Å². The zero-order valence-corrected chi connectivity index (χ0v) is 12.8. The second-order valence-electron chi connectivity index (χ2n) is 5.13. The predicted molar refractivity (Wildman–Crippen MR) is 79.2 cm³/mol. The van der Waals surface area contributed by atoms with Crippen molar-refractivity contribution < 1.29 is 24.5 Å². The van der Waals surface area contributed by atoms with Crippen molar-refractivity contribution in [2.45, 2.75) is 51.9 Å². The van der Waals surface area contributed by atoms with Gasteiger partial charge in [0.15, 0.2) is 6.10 Å². The van der Waals surface area contributed by atoms with Crippen LogP contribution in [0.3, 0.4) is 0 Å². The van der Waals surface area contributed by atoms with Crippen molar-refractivity contribution in [2.24, 2.45) is 0 Å². The van der Waals surface area contributed by atoms with Crippen LogP contribution in [-0.4, -0.2) is 41.1 Å². The minimum absolute atomic E-state index is 0.0824. The van der Waals surface area contributed by atoms with Gasteiger partial charge in [0.25, 0.3) is 0 Å². The first kappa shape index (κ1) is 17.5. The second-order valence-corrected chi connectivity index (χ2v) is 5.13. The highest BCUT2D eigenvalue weighted by Crippen LogP contribution is 2.16. The fraction of sp³-hybridized carbons (Fsp3) is 0.562. The molecule has 2 N–H and O–H groups in total. The first-order valence-electron chi connectivity index (χ1n) is 7.20. The third kappa shape index (κ3) is 6.60. The number of rotatable bonds is 8. The van der Waals surface area contributed by atoms with E-state index < -0.39 is 18.2 Å². The van der Waals surface area contributed by atoms with Crippen LogP contribution in [0.1, 0.15) is 32.8 Å². The van der Waals surface area contributed by atoms with Gasteiger partial charge < -0.3 is 19.7 Å². The van der Waals surface area contributed by atoms with Crippen LogP contribution in [-0.2, 0) is 16.0 Å². The van der Waals surface area contributed by atoms with Crippen molar-refractivity contribution in [3.8, 4) is 5.75 Å². The molecule has 0 amide bonds. The van der Waals surface area contributed by atoms with Gasteiger partial charge >= 0.3 is 5.97 Å². The Bertz CT molecular complexity index is 427. The fourth-order valence-corrected chi connectivity index (χ4v) is 2.01. The third-order valence-corrected chi connectivity index (χ3v) is 2.92. The van der Waals surface area contributed by atoms with Crippen LogP contribution in [0.15, 0.2) is 24.3 Å². The number of aliphatic hydroxyl groups is 2. The van der Waals surface area contributed by atoms with E-state index in [1.165, 1.54) is 0 Å². The van der Waals surface area contributed by atoms with Gasteiger partial charge in [0, 0.05) is 12.8 Å². The number of benzene rings is 1. The summed E-state index contributed by atoms with van der Waals surface area (Å²) in [5.41, 5.74) is 0.825. The van der Waals surface area contributed by atoms with Crippen molar-refractivity contribution >= 4 is 5.97 Å². The highest BCUT2D eigenvalue weighted by Gasteiger charge is 2.16. The van der Waals surface area contributed by atoms with Crippen molar-refractivity contribution in [1.82, 2.24) is 0 Å². The largest absolute Gasteiger partial charge is 0.491 e. The molecule has 0 aliphatic rings. The Morgan fingerprint density at radius 1 is 1.19 bits per heavy atom. The molecule has 21 heavy (non-hydrogen) atoms. The predicted octanol–water partition coefficient (Wildman–Crippen LogP) is 1.69. The molecule has 0 aliphatic carbocycles. The van der Waals surface area contributed by atoms with E-state index in [2.05, 4.69) is 0 Å². The summed E-state index contributed by atoms with van der Waals surface area (Å²) in [6.45, 7) is 5.57. The van der Waals surface area contributed by atoms with Gasteiger partial charge in [-0.15, -0.1) is 0 Å². The van der Waals surface area contributed by atoms with Gasteiger partial charge in [-0.05, 0) is 38.5 Å². The molecule has 0 aliphatic heterocycles. The molecule has 1 rings (SSSR count). The molecule has 0 aromatic heterocycles. The minimum Gasteiger partial charge on any atom is -0.491 e. The molecule has 0 fully saturated rings. The summed E-state index contributed by atoms with van der Waals surface area (Å²) >= 11 is 0. The van der Waals surface area contributed by atoms with Crippen LogP contribution >= 0.6 is 0 Å². The first-order valence-corrected chi connectivity index (χ1v) is 7.20. The molecule has 1 aromatic rings. The van der Waals surface area contributed by atoms with Gasteiger partial charge in [-0.3, -0.25) is 0 Å². The second kappa shape index (κ2) is 8.64. The summed E-state index contributed by atoms with van der Waals surface area (Å²) in [4.78, 5) is 11.3. The Morgan fingerprint density at radius 2 is 1.81 bits per heavy atom. The van der Waals surface area contributed by atoms with Crippen LogP contribution in [0.2, 0.25) is 0 Å². The number of hydrogen-bond donors (Lipinski definition) is 2. The smallest absolute Gasteiger partial charge is 0.335 e. The average molecular weight is 296 g/mol. The number of aliphatic hydroxyl groups excluding tert-OH is 2. The zero-order valence-electron chi connectivity index (χ0n) is 12.8. The molecule has 0 unspecified atom stereocenters. The summed E-state index contributed by atoms with van der Waals surface area (Å²) in [6, 6.07) is 7.16. The number of ether oxygens (including phenoxy) is 2. The van der Waals surface area contributed by atoms with Crippen molar-refractivity contribution in [3.05, 3.63) is 29.8 Å². The van der Waals surface area contributed by atoms with E-state index in [9.17, 15) is 15.0 Å². The topological polar surface area (TPSA) is 76.0 Å². The van der Waals surface area contributed by atoms with Crippen LogP contribution in [0, 0.1) is 0 Å². The molecule has 0 spiro atoms. The molecule has 0 bridgehead atoms. The normalized spacial score (nSPS) is 15.1. The molecule has 1 aromatic carbocycles. The summed E-state index contributed by atoms with van der Waals surface area (Å²) in [7, 11) is 0. The van der Waals surface area contributed by atoms with Gasteiger partial charge in [-0.1, -0.05) is 12.1 Å². The van der Waals surface area contributed by atoms with E-state index >= 15 is 0 Å². The lowest BCUT2D eigenvalue weighted by atomic mass is 10.1. The molecular formula is C16H24O5.